The van der Waals surface area contributed by atoms with Crippen molar-refractivity contribution < 1.29 is 4.79 Å². The number of likely N-dealkylation sites (tertiary alicyclic amines) is 2. The summed E-state index contributed by atoms with van der Waals surface area (Å²) in [5.41, 5.74) is 0. The number of nitrogens with zero attached hydrogens (tertiary/aromatic N) is 2. The molecule has 3 fully saturated rings. The lowest BCUT2D eigenvalue weighted by molar-refractivity contribution is -0.138. The SMILES string of the molecule is O=C(C1CNC1)N1CCC(CN2CCCC2)CC1. The second-order valence-electron chi connectivity index (χ2n) is 6.13. The Hall–Kier alpha value is -0.610. The second-order valence-corrected chi connectivity index (χ2v) is 6.13. The molecule has 1 amide bonds. The van der Waals surface area contributed by atoms with Gasteiger partial charge in [-0.3, -0.25) is 4.79 Å². The molecule has 4 heteroatoms. The van der Waals surface area contributed by atoms with Gasteiger partial charge in [-0.1, -0.05) is 0 Å². The van der Waals surface area contributed by atoms with Gasteiger partial charge in [-0.15, -0.1) is 0 Å². The molecule has 3 heterocycles. The van der Waals surface area contributed by atoms with Crippen molar-refractivity contribution in [2.75, 3.05) is 45.8 Å². The Bertz CT molecular complexity index is 289. The third kappa shape index (κ3) is 2.69. The molecule has 3 saturated heterocycles. The Morgan fingerprint density at radius 3 is 2.28 bits per heavy atom. The first-order valence-electron chi connectivity index (χ1n) is 7.55. The smallest absolute Gasteiger partial charge is 0.228 e. The molecule has 0 radical (unpaired) electrons. The summed E-state index contributed by atoms with van der Waals surface area (Å²) in [6, 6.07) is 0. The molecule has 0 aromatic carbocycles. The van der Waals surface area contributed by atoms with Crippen LogP contribution in [0.15, 0.2) is 0 Å². The van der Waals surface area contributed by atoms with E-state index in [1.807, 2.05) is 0 Å². The van der Waals surface area contributed by atoms with Crippen LogP contribution in [0.25, 0.3) is 0 Å². The molecule has 1 N–H and O–H groups in total. The Morgan fingerprint density at radius 1 is 1.06 bits per heavy atom. The second kappa shape index (κ2) is 5.57. The summed E-state index contributed by atoms with van der Waals surface area (Å²) in [4.78, 5) is 16.8. The third-order valence-electron chi connectivity index (χ3n) is 4.77. The molecule has 4 nitrogen and oxygen atoms in total. The maximum atomic E-state index is 12.1. The predicted octanol–water partition coefficient (Wildman–Crippen LogP) is 0.540. The summed E-state index contributed by atoms with van der Waals surface area (Å²) in [6.45, 7) is 7.65. The van der Waals surface area contributed by atoms with E-state index in [0.717, 1.165) is 32.1 Å². The molecule has 0 aromatic rings. The van der Waals surface area contributed by atoms with Gasteiger partial charge < -0.3 is 15.1 Å². The normalized spacial score (nSPS) is 27.4. The minimum absolute atomic E-state index is 0.278. The van der Waals surface area contributed by atoms with Crippen LogP contribution >= 0.6 is 0 Å². The number of carbonyl (C=O) groups is 1. The average molecular weight is 251 g/mol. The van der Waals surface area contributed by atoms with Crippen LogP contribution in [0.1, 0.15) is 25.7 Å². The standard InChI is InChI=1S/C14H25N3O/c18-14(13-9-15-10-13)17-7-3-12(4-8-17)11-16-5-1-2-6-16/h12-13,15H,1-11H2. The average Bonchev–Trinajstić information content (AvgIpc) is 2.80. The van der Waals surface area contributed by atoms with Crippen LogP contribution in [0.2, 0.25) is 0 Å². The zero-order chi connectivity index (χ0) is 12.4. The molecule has 3 rings (SSSR count). The van der Waals surface area contributed by atoms with Gasteiger partial charge in [-0.2, -0.15) is 0 Å². The van der Waals surface area contributed by atoms with Crippen LogP contribution in [0.4, 0.5) is 0 Å². The molecule has 0 unspecified atom stereocenters. The number of amides is 1. The van der Waals surface area contributed by atoms with E-state index in [9.17, 15) is 4.79 Å². The third-order valence-corrected chi connectivity index (χ3v) is 4.77. The number of carbonyl (C=O) groups excluding carboxylic acids is 1. The predicted molar refractivity (Wildman–Crippen MR) is 71.3 cm³/mol. The molecule has 18 heavy (non-hydrogen) atoms. The topological polar surface area (TPSA) is 35.6 Å². The highest BCUT2D eigenvalue weighted by atomic mass is 16.2. The highest BCUT2D eigenvalue weighted by molar-refractivity contribution is 5.80. The maximum Gasteiger partial charge on any atom is 0.228 e. The Labute approximate surface area is 110 Å². The summed E-state index contributed by atoms with van der Waals surface area (Å²) in [7, 11) is 0. The van der Waals surface area contributed by atoms with E-state index in [1.165, 1.54) is 45.3 Å². The van der Waals surface area contributed by atoms with Crippen molar-refractivity contribution in [2.24, 2.45) is 11.8 Å². The van der Waals surface area contributed by atoms with E-state index in [4.69, 9.17) is 0 Å². The van der Waals surface area contributed by atoms with Gasteiger partial charge in [0.15, 0.2) is 0 Å². The van der Waals surface area contributed by atoms with Gasteiger partial charge in [0, 0.05) is 32.7 Å². The van der Waals surface area contributed by atoms with E-state index < -0.39 is 0 Å². The van der Waals surface area contributed by atoms with Gasteiger partial charge in [0.2, 0.25) is 5.91 Å². The zero-order valence-corrected chi connectivity index (χ0v) is 11.2. The quantitative estimate of drug-likeness (QED) is 0.795. The van der Waals surface area contributed by atoms with Crippen molar-refractivity contribution in [1.29, 1.82) is 0 Å². The number of piperidine rings is 1. The first kappa shape index (κ1) is 12.4. The van der Waals surface area contributed by atoms with Gasteiger partial charge in [0.25, 0.3) is 0 Å². The summed E-state index contributed by atoms with van der Waals surface area (Å²) >= 11 is 0. The number of nitrogens with one attached hydrogen (secondary N) is 1. The Morgan fingerprint density at radius 2 is 1.72 bits per heavy atom. The van der Waals surface area contributed by atoms with Crippen LogP contribution in [0.3, 0.4) is 0 Å². The fourth-order valence-electron chi connectivity index (χ4n) is 3.39. The molecule has 0 aromatic heterocycles. The van der Waals surface area contributed by atoms with Gasteiger partial charge in [-0.25, -0.2) is 0 Å². The van der Waals surface area contributed by atoms with E-state index >= 15 is 0 Å². The van der Waals surface area contributed by atoms with Crippen molar-refractivity contribution in [3.05, 3.63) is 0 Å². The van der Waals surface area contributed by atoms with E-state index in [0.29, 0.717) is 5.91 Å². The molecular weight excluding hydrogens is 226 g/mol. The van der Waals surface area contributed by atoms with Gasteiger partial charge >= 0.3 is 0 Å². The highest BCUT2D eigenvalue weighted by Crippen LogP contribution is 2.22. The van der Waals surface area contributed by atoms with E-state index in [2.05, 4.69) is 15.1 Å². The van der Waals surface area contributed by atoms with Crippen molar-refractivity contribution in [2.45, 2.75) is 25.7 Å². The molecule has 3 aliphatic rings. The summed E-state index contributed by atoms with van der Waals surface area (Å²) in [6.07, 6.45) is 5.18. The van der Waals surface area contributed by atoms with Crippen molar-refractivity contribution in [3.63, 3.8) is 0 Å². The Balaban J connectivity index is 1.41. The molecular formula is C14H25N3O. The fraction of sp³-hybridized carbons (Fsp3) is 0.929. The minimum Gasteiger partial charge on any atom is -0.342 e. The summed E-state index contributed by atoms with van der Waals surface area (Å²) in [5.74, 6) is 1.50. The van der Waals surface area contributed by atoms with Crippen LogP contribution in [0, 0.1) is 11.8 Å². The lowest BCUT2D eigenvalue weighted by Crippen LogP contribution is -2.53. The number of hydrogen-bond acceptors (Lipinski definition) is 3. The van der Waals surface area contributed by atoms with Crippen LogP contribution < -0.4 is 5.32 Å². The zero-order valence-electron chi connectivity index (χ0n) is 11.2. The fourth-order valence-corrected chi connectivity index (χ4v) is 3.39. The molecule has 0 bridgehead atoms. The van der Waals surface area contributed by atoms with Crippen LogP contribution in [-0.4, -0.2) is 61.5 Å². The van der Waals surface area contributed by atoms with Gasteiger partial charge in [0.05, 0.1) is 5.92 Å². The highest BCUT2D eigenvalue weighted by Gasteiger charge is 2.31. The Kier molecular flexibility index (Phi) is 3.85. The first-order valence-corrected chi connectivity index (χ1v) is 7.55. The lowest BCUT2D eigenvalue weighted by Gasteiger charge is -2.37. The van der Waals surface area contributed by atoms with E-state index in [-0.39, 0.29) is 5.92 Å². The van der Waals surface area contributed by atoms with Crippen LogP contribution in [0.5, 0.6) is 0 Å². The van der Waals surface area contributed by atoms with E-state index in [1.54, 1.807) is 0 Å². The molecule has 3 aliphatic heterocycles. The summed E-state index contributed by atoms with van der Waals surface area (Å²) < 4.78 is 0. The molecule has 102 valence electrons. The number of rotatable bonds is 3. The minimum atomic E-state index is 0.278. The van der Waals surface area contributed by atoms with Gasteiger partial charge in [-0.05, 0) is 44.7 Å². The molecule has 0 atom stereocenters. The maximum absolute atomic E-state index is 12.1. The van der Waals surface area contributed by atoms with Gasteiger partial charge in [0.1, 0.15) is 0 Å². The first-order chi connectivity index (χ1) is 8.83. The van der Waals surface area contributed by atoms with Crippen molar-refractivity contribution in [1.82, 2.24) is 15.1 Å². The van der Waals surface area contributed by atoms with Crippen molar-refractivity contribution in [3.8, 4) is 0 Å². The monoisotopic (exact) mass is 251 g/mol. The molecule has 0 saturated carbocycles. The lowest BCUT2D eigenvalue weighted by atomic mass is 9.94. The molecule has 0 aliphatic carbocycles. The van der Waals surface area contributed by atoms with Crippen LogP contribution in [-0.2, 0) is 4.79 Å². The summed E-state index contributed by atoms with van der Waals surface area (Å²) in [5, 5.41) is 3.18. The number of hydrogen-bond donors (Lipinski definition) is 1. The molecule has 0 spiro atoms. The largest absolute Gasteiger partial charge is 0.342 e. The van der Waals surface area contributed by atoms with Crippen molar-refractivity contribution >= 4 is 5.91 Å².